The van der Waals surface area contributed by atoms with Gasteiger partial charge in [-0.05, 0) is 37.5 Å². The maximum atomic E-state index is 12.7. The van der Waals surface area contributed by atoms with Crippen LogP contribution in [0.15, 0.2) is 30.5 Å². The molecule has 9 heteroatoms. The van der Waals surface area contributed by atoms with Crippen LogP contribution in [0.2, 0.25) is 0 Å². The molecule has 1 aliphatic rings. The third kappa shape index (κ3) is 3.82. The van der Waals surface area contributed by atoms with Crippen LogP contribution in [-0.4, -0.2) is 49.1 Å². The van der Waals surface area contributed by atoms with Gasteiger partial charge in [-0.15, -0.1) is 0 Å². The molecule has 3 rings (SSSR count). The predicted molar refractivity (Wildman–Crippen MR) is 90.6 cm³/mol. The average Bonchev–Trinajstić information content (AvgIpc) is 3.16. The summed E-state index contributed by atoms with van der Waals surface area (Å²) < 4.78 is 7.62. The lowest BCUT2D eigenvalue weighted by molar-refractivity contribution is -0.143. The number of nitrogens with one attached hydrogen (secondary N) is 1. The first-order valence-electron chi connectivity index (χ1n) is 7.79. The molecule has 0 aliphatic carbocycles. The van der Waals surface area contributed by atoms with Gasteiger partial charge in [0.2, 0.25) is 0 Å². The normalized spacial score (nSPS) is 17.1. The van der Waals surface area contributed by atoms with Crippen LogP contribution in [0.5, 0.6) is 0 Å². The Hall–Kier alpha value is -2.81. The summed E-state index contributed by atoms with van der Waals surface area (Å²) in [6.45, 7) is 0.414. The number of aliphatic carboxylic acids is 1. The molecule has 2 amide bonds. The Bertz CT molecular complexity index is 793. The van der Waals surface area contributed by atoms with E-state index in [9.17, 15) is 19.5 Å². The molecule has 0 saturated carbocycles. The number of carbonyl (C=O) groups is 3. The van der Waals surface area contributed by atoms with Gasteiger partial charge >= 0.3 is 5.97 Å². The zero-order valence-corrected chi connectivity index (χ0v) is 14.0. The highest BCUT2D eigenvalue weighted by Gasteiger charge is 2.32. The largest absolute Gasteiger partial charge is 0.480 e. The van der Waals surface area contributed by atoms with E-state index < -0.39 is 17.9 Å². The lowest BCUT2D eigenvalue weighted by atomic mass is 10.0. The molecule has 1 atom stereocenters. The third-order valence-electron chi connectivity index (χ3n) is 4.01. The number of likely N-dealkylation sites (tertiary alicyclic amines) is 1. The van der Waals surface area contributed by atoms with Gasteiger partial charge in [-0.3, -0.25) is 9.59 Å². The lowest BCUT2D eigenvalue weighted by Crippen LogP contribution is -2.48. The van der Waals surface area contributed by atoms with Crippen molar-refractivity contribution in [2.45, 2.75) is 25.3 Å². The zero-order chi connectivity index (χ0) is 17.8. The third-order valence-corrected chi connectivity index (χ3v) is 4.49. The molecule has 1 saturated heterocycles. The fourth-order valence-electron chi connectivity index (χ4n) is 2.79. The highest BCUT2D eigenvalue weighted by Crippen LogP contribution is 2.21. The molecule has 1 aromatic carbocycles. The summed E-state index contributed by atoms with van der Waals surface area (Å²) in [5.74, 6) is -1.76. The minimum atomic E-state index is -0.992. The van der Waals surface area contributed by atoms with E-state index in [1.807, 2.05) is 0 Å². The number of carbonyl (C=O) groups excluding carboxylic acids is 2. The van der Waals surface area contributed by atoms with Crippen LogP contribution >= 0.6 is 11.7 Å². The summed E-state index contributed by atoms with van der Waals surface area (Å²) >= 11 is 0.931. The van der Waals surface area contributed by atoms with E-state index in [1.165, 1.54) is 17.2 Å². The second-order valence-corrected chi connectivity index (χ2v) is 6.23. The van der Waals surface area contributed by atoms with Gasteiger partial charge < -0.3 is 15.3 Å². The number of nitrogens with zero attached hydrogens (tertiary/aromatic N) is 3. The van der Waals surface area contributed by atoms with E-state index >= 15 is 0 Å². The van der Waals surface area contributed by atoms with Gasteiger partial charge in [-0.25, -0.2) is 4.79 Å². The Labute approximate surface area is 147 Å². The molecule has 0 spiro atoms. The van der Waals surface area contributed by atoms with E-state index in [0.717, 1.165) is 24.6 Å². The van der Waals surface area contributed by atoms with Crippen LogP contribution < -0.4 is 5.32 Å². The number of aromatic nitrogens is 2. The Morgan fingerprint density at radius 2 is 2.12 bits per heavy atom. The van der Waals surface area contributed by atoms with Gasteiger partial charge in [0.15, 0.2) is 5.69 Å². The van der Waals surface area contributed by atoms with Gasteiger partial charge in [-0.1, -0.05) is 6.07 Å². The Morgan fingerprint density at radius 1 is 1.28 bits per heavy atom. The molecule has 0 radical (unpaired) electrons. The number of amides is 2. The molecule has 2 heterocycles. The van der Waals surface area contributed by atoms with Crippen LogP contribution in [0.3, 0.4) is 0 Å². The molecule has 25 heavy (non-hydrogen) atoms. The highest BCUT2D eigenvalue weighted by atomic mass is 32.1. The van der Waals surface area contributed by atoms with Gasteiger partial charge in [-0.2, -0.15) is 8.75 Å². The van der Waals surface area contributed by atoms with Crippen LogP contribution in [-0.2, 0) is 4.79 Å². The van der Waals surface area contributed by atoms with Crippen molar-refractivity contribution in [2.75, 3.05) is 11.9 Å². The smallest absolute Gasteiger partial charge is 0.326 e. The highest BCUT2D eigenvalue weighted by molar-refractivity contribution is 6.99. The fraction of sp³-hybridized carbons (Fsp3) is 0.312. The molecule has 8 nitrogen and oxygen atoms in total. The number of anilines is 1. The average molecular weight is 360 g/mol. The summed E-state index contributed by atoms with van der Waals surface area (Å²) in [7, 11) is 0. The maximum absolute atomic E-state index is 12.7. The second kappa shape index (κ2) is 7.39. The molecule has 1 aliphatic heterocycles. The molecule has 2 aromatic rings. The van der Waals surface area contributed by atoms with Crippen molar-refractivity contribution in [1.29, 1.82) is 0 Å². The second-order valence-electron chi connectivity index (χ2n) is 5.68. The molecule has 1 unspecified atom stereocenters. The maximum Gasteiger partial charge on any atom is 0.326 e. The Kier molecular flexibility index (Phi) is 5.03. The van der Waals surface area contributed by atoms with Crippen molar-refractivity contribution in [1.82, 2.24) is 13.6 Å². The predicted octanol–water partition coefficient (Wildman–Crippen LogP) is 1.87. The van der Waals surface area contributed by atoms with Crippen molar-refractivity contribution in [2.24, 2.45) is 0 Å². The first-order valence-corrected chi connectivity index (χ1v) is 8.52. The van der Waals surface area contributed by atoms with Gasteiger partial charge in [0, 0.05) is 17.8 Å². The Morgan fingerprint density at radius 3 is 2.84 bits per heavy atom. The summed E-state index contributed by atoms with van der Waals surface area (Å²) in [6.07, 6.45) is 3.38. The van der Waals surface area contributed by atoms with E-state index in [2.05, 4.69) is 14.1 Å². The standard InChI is InChI=1S/C16H16N4O4S/c21-14(12-9-17-25-19-12)18-11-5-3-4-10(8-11)15(22)20-7-2-1-6-13(20)16(23)24/h3-5,8-9,13H,1-2,6-7H2,(H,18,21)(H,23,24). The number of carboxylic acids is 1. The number of rotatable bonds is 4. The van der Waals surface area contributed by atoms with Crippen molar-refractivity contribution in [3.05, 3.63) is 41.7 Å². The van der Waals surface area contributed by atoms with Crippen LogP contribution in [0.1, 0.15) is 40.1 Å². The first kappa shape index (κ1) is 17.0. The van der Waals surface area contributed by atoms with E-state index in [4.69, 9.17) is 0 Å². The van der Waals surface area contributed by atoms with Crippen LogP contribution in [0.25, 0.3) is 0 Å². The minimum absolute atomic E-state index is 0.198. The molecular weight excluding hydrogens is 344 g/mol. The topological polar surface area (TPSA) is 112 Å². The number of piperidine rings is 1. The summed E-state index contributed by atoms with van der Waals surface area (Å²) in [6, 6.07) is 5.63. The SMILES string of the molecule is O=C(Nc1cccc(C(=O)N2CCCCC2C(=O)O)c1)c1cnsn1. The van der Waals surface area contributed by atoms with Crippen LogP contribution in [0, 0.1) is 0 Å². The van der Waals surface area contributed by atoms with E-state index in [-0.39, 0.29) is 11.6 Å². The molecular formula is C16H16N4O4S. The molecule has 0 bridgehead atoms. The van der Waals surface area contributed by atoms with Gasteiger partial charge in [0.25, 0.3) is 11.8 Å². The molecule has 1 fully saturated rings. The number of carboxylic acid groups (broad SMARTS) is 1. The van der Waals surface area contributed by atoms with Gasteiger partial charge in [0.05, 0.1) is 17.9 Å². The lowest BCUT2D eigenvalue weighted by Gasteiger charge is -2.33. The number of hydrogen-bond acceptors (Lipinski definition) is 6. The van der Waals surface area contributed by atoms with E-state index in [1.54, 1.807) is 18.2 Å². The quantitative estimate of drug-likeness (QED) is 0.861. The van der Waals surface area contributed by atoms with Crippen molar-refractivity contribution in [3.63, 3.8) is 0 Å². The molecule has 130 valence electrons. The summed E-state index contributed by atoms with van der Waals surface area (Å²) in [5, 5.41) is 12.0. The number of hydrogen-bond donors (Lipinski definition) is 2. The molecule has 1 aromatic heterocycles. The van der Waals surface area contributed by atoms with Crippen molar-refractivity contribution >= 4 is 35.2 Å². The van der Waals surface area contributed by atoms with E-state index in [0.29, 0.717) is 24.2 Å². The monoisotopic (exact) mass is 360 g/mol. The Balaban J connectivity index is 1.77. The van der Waals surface area contributed by atoms with Crippen molar-refractivity contribution in [3.8, 4) is 0 Å². The zero-order valence-electron chi connectivity index (χ0n) is 13.2. The number of benzene rings is 1. The van der Waals surface area contributed by atoms with Crippen molar-refractivity contribution < 1.29 is 19.5 Å². The summed E-state index contributed by atoms with van der Waals surface area (Å²) in [5.41, 5.74) is 0.971. The molecule has 2 N–H and O–H groups in total. The van der Waals surface area contributed by atoms with Gasteiger partial charge in [0.1, 0.15) is 6.04 Å². The van der Waals surface area contributed by atoms with Crippen LogP contribution in [0.4, 0.5) is 5.69 Å². The first-order chi connectivity index (χ1) is 12.1. The summed E-state index contributed by atoms with van der Waals surface area (Å²) in [4.78, 5) is 37.5. The fourth-order valence-corrected chi connectivity index (χ4v) is 3.20. The minimum Gasteiger partial charge on any atom is -0.480 e.